The van der Waals surface area contributed by atoms with Gasteiger partial charge in [-0.3, -0.25) is 0 Å². The largest absolute Gasteiger partial charge is 0.478 e. The molecular formula is C15H15NO3. The standard InChI is InChI=1S/C15H15NO3/c17-15(18)14-11-7-3-4-8-12(11)19-13(14)9-16-10-5-1-2-6-10/h1-4,7-8,10,16H,5-6,9H2,(H,17,18). The molecule has 0 aliphatic heterocycles. The van der Waals surface area contributed by atoms with E-state index in [4.69, 9.17) is 4.42 Å². The molecule has 1 aliphatic rings. The molecule has 2 N–H and O–H groups in total. The van der Waals surface area contributed by atoms with E-state index >= 15 is 0 Å². The van der Waals surface area contributed by atoms with Gasteiger partial charge in [-0.1, -0.05) is 30.4 Å². The summed E-state index contributed by atoms with van der Waals surface area (Å²) in [4.78, 5) is 11.4. The summed E-state index contributed by atoms with van der Waals surface area (Å²) in [5, 5.41) is 13.3. The van der Waals surface area contributed by atoms with Crippen molar-refractivity contribution in [2.75, 3.05) is 0 Å². The fraction of sp³-hybridized carbons (Fsp3) is 0.267. The average Bonchev–Trinajstić information content (AvgIpc) is 3.03. The van der Waals surface area contributed by atoms with Gasteiger partial charge in [-0.05, 0) is 18.9 Å². The van der Waals surface area contributed by atoms with Gasteiger partial charge in [0, 0.05) is 11.4 Å². The average molecular weight is 257 g/mol. The second-order valence-corrected chi connectivity index (χ2v) is 4.72. The molecule has 1 aromatic carbocycles. The van der Waals surface area contributed by atoms with E-state index in [0.29, 0.717) is 29.3 Å². The van der Waals surface area contributed by atoms with Crippen molar-refractivity contribution in [1.82, 2.24) is 5.32 Å². The van der Waals surface area contributed by atoms with Crippen LogP contribution >= 0.6 is 0 Å². The van der Waals surface area contributed by atoms with Crippen LogP contribution in [0.25, 0.3) is 11.0 Å². The number of carbonyl (C=O) groups is 1. The minimum absolute atomic E-state index is 0.272. The molecule has 3 rings (SSSR count). The third-order valence-corrected chi connectivity index (χ3v) is 3.44. The molecule has 0 fully saturated rings. The number of aromatic carboxylic acids is 1. The van der Waals surface area contributed by atoms with Crippen molar-refractivity contribution in [3.05, 3.63) is 47.7 Å². The Kier molecular flexibility index (Phi) is 3.09. The zero-order valence-electron chi connectivity index (χ0n) is 10.4. The van der Waals surface area contributed by atoms with E-state index in [-0.39, 0.29) is 5.56 Å². The molecule has 0 atom stereocenters. The molecule has 4 nitrogen and oxygen atoms in total. The van der Waals surface area contributed by atoms with E-state index in [0.717, 1.165) is 12.8 Å². The monoisotopic (exact) mass is 257 g/mol. The van der Waals surface area contributed by atoms with Gasteiger partial charge in [0.1, 0.15) is 16.9 Å². The van der Waals surface area contributed by atoms with Crippen LogP contribution in [-0.2, 0) is 6.54 Å². The highest BCUT2D eigenvalue weighted by atomic mass is 16.4. The Labute approximate surface area is 110 Å². The lowest BCUT2D eigenvalue weighted by molar-refractivity contribution is 0.0696. The van der Waals surface area contributed by atoms with Gasteiger partial charge >= 0.3 is 5.97 Å². The Morgan fingerprint density at radius 3 is 2.79 bits per heavy atom. The summed E-state index contributed by atoms with van der Waals surface area (Å²) in [5.41, 5.74) is 0.898. The fourth-order valence-electron chi connectivity index (χ4n) is 2.48. The SMILES string of the molecule is O=C(O)c1c(CNC2CC=CC2)oc2ccccc12. The second kappa shape index (κ2) is 4.90. The molecule has 2 aromatic rings. The maximum atomic E-state index is 11.4. The maximum Gasteiger partial charge on any atom is 0.339 e. The van der Waals surface area contributed by atoms with Gasteiger partial charge in [-0.15, -0.1) is 0 Å². The number of carboxylic acid groups (broad SMARTS) is 1. The normalized spacial score (nSPS) is 15.4. The van der Waals surface area contributed by atoms with Crippen LogP contribution in [-0.4, -0.2) is 17.1 Å². The lowest BCUT2D eigenvalue weighted by Crippen LogP contribution is -2.26. The molecule has 0 unspecified atom stereocenters. The minimum Gasteiger partial charge on any atom is -0.478 e. The highest BCUT2D eigenvalue weighted by Gasteiger charge is 2.20. The summed E-state index contributed by atoms with van der Waals surface area (Å²) < 4.78 is 5.66. The van der Waals surface area contributed by atoms with Crippen molar-refractivity contribution >= 4 is 16.9 Å². The molecule has 0 radical (unpaired) electrons. The van der Waals surface area contributed by atoms with E-state index in [1.165, 1.54) is 0 Å². The summed E-state index contributed by atoms with van der Waals surface area (Å²) in [7, 11) is 0. The van der Waals surface area contributed by atoms with Gasteiger partial charge in [0.25, 0.3) is 0 Å². The van der Waals surface area contributed by atoms with E-state index in [1.807, 2.05) is 12.1 Å². The van der Waals surface area contributed by atoms with Crippen LogP contribution in [0.15, 0.2) is 40.8 Å². The molecule has 0 bridgehead atoms. The summed E-state index contributed by atoms with van der Waals surface area (Å²) in [6.07, 6.45) is 6.24. The van der Waals surface area contributed by atoms with Crippen molar-refractivity contribution in [2.45, 2.75) is 25.4 Å². The highest BCUT2D eigenvalue weighted by Crippen LogP contribution is 2.26. The zero-order valence-corrected chi connectivity index (χ0v) is 10.4. The van der Waals surface area contributed by atoms with E-state index in [2.05, 4.69) is 17.5 Å². The van der Waals surface area contributed by atoms with E-state index < -0.39 is 5.97 Å². The van der Waals surface area contributed by atoms with Crippen molar-refractivity contribution in [3.63, 3.8) is 0 Å². The zero-order chi connectivity index (χ0) is 13.2. The second-order valence-electron chi connectivity index (χ2n) is 4.72. The number of hydrogen-bond acceptors (Lipinski definition) is 3. The van der Waals surface area contributed by atoms with E-state index in [9.17, 15) is 9.90 Å². The number of hydrogen-bond donors (Lipinski definition) is 2. The summed E-state index contributed by atoms with van der Waals surface area (Å²) in [6.45, 7) is 0.447. The molecule has 0 amide bonds. The number of rotatable bonds is 4. The predicted molar refractivity (Wildman–Crippen MR) is 72.2 cm³/mol. The van der Waals surface area contributed by atoms with Crippen LogP contribution in [0.4, 0.5) is 0 Å². The Bertz CT molecular complexity index is 634. The topological polar surface area (TPSA) is 62.5 Å². The third-order valence-electron chi connectivity index (χ3n) is 3.44. The first kappa shape index (κ1) is 12.0. The Morgan fingerprint density at radius 1 is 1.32 bits per heavy atom. The molecule has 1 aliphatic carbocycles. The van der Waals surface area contributed by atoms with Crippen LogP contribution in [0.3, 0.4) is 0 Å². The maximum absolute atomic E-state index is 11.4. The molecule has 1 heterocycles. The summed E-state index contributed by atoms with van der Waals surface area (Å²) in [6, 6.07) is 7.62. The van der Waals surface area contributed by atoms with Gasteiger partial charge in [0.15, 0.2) is 0 Å². The Hall–Kier alpha value is -2.07. The first-order valence-electron chi connectivity index (χ1n) is 6.38. The number of para-hydroxylation sites is 1. The molecular weight excluding hydrogens is 242 g/mol. The molecule has 1 aromatic heterocycles. The van der Waals surface area contributed by atoms with Crippen LogP contribution in [0, 0.1) is 0 Å². The summed E-state index contributed by atoms with van der Waals surface area (Å²) in [5.74, 6) is -0.438. The summed E-state index contributed by atoms with van der Waals surface area (Å²) >= 11 is 0. The van der Waals surface area contributed by atoms with Crippen LogP contribution in [0.1, 0.15) is 29.0 Å². The number of benzene rings is 1. The molecule has 4 heteroatoms. The van der Waals surface area contributed by atoms with Gasteiger partial charge in [0.2, 0.25) is 0 Å². The van der Waals surface area contributed by atoms with Crippen LogP contribution in [0.5, 0.6) is 0 Å². The quantitative estimate of drug-likeness (QED) is 0.827. The molecule has 0 spiro atoms. The van der Waals surface area contributed by atoms with E-state index in [1.54, 1.807) is 12.1 Å². The lowest BCUT2D eigenvalue weighted by Gasteiger charge is -2.10. The number of furan rings is 1. The molecule has 0 saturated carbocycles. The third kappa shape index (κ3) is 2.27. The molecule has 19 heavy (non-hydrogen) atoms. The molecule has 0 saturated heterocycles. The smallest absolute Gasteiger partial charge is 0.339 e. The van der Waals surface area contributed by atoms with Crippen molar-refractivity contribution in [2.24, 2.45) is 0 Å². The number of nitrogens with one attached hydrogen (secondary N) is 1. The lowest BCUT2D eigenvalue weighted by atomic mass is 10.1. The fourth-order valence-corrected chi connectivity index (χ4v) is 2.48. The van der Waals surface area contributed by atoms with Gasteiger partial charge in [-0.25, -0.2) is 4.79 Å². The van der Waals surface area contributed by atoms with Crippen LogP contribution in [0.2, 0.25) is 0 Å². The first-order valence-corrected chi connectivity index (χ1v) is 6.38. The van der Waals surface area contributed by atoms with Gasteiger partial charge in [-0.2, -0.15) is 0 Å². The first-order chi connectivity index (χ1) is 9.25. The molecule has 98 valence electrons. The van der Waals surface area contributed by atoms with Crippen LogP contribution < -0.4 is 5.32 Å². The minimum atomic E-state index is -0.939. The predicted octanol–water partition coefficient (Wildman–Crippen LogP) is 2.94. The Morgan fingerprint density at radius 2 is 2.05 bits per heavy atom. The number of fused-ring (bicyclic) bond motifs is 1. The van der Waals surface area contributed by atoms with Crippen molar-refractivity contribution in [3.8, 4) is 0 Å². The number of carboxylic acids is 1. The Balaban J connectivity index is 1.89. The van der Waals surface area contributed by atoms with Crippen molar-refractivity contribution < 1.29 is 14.3 Å². The van der Waals surface area contributed by atoms with Gasteiger partial charge < -0.3 is 14.8 Å². The highest BCUT2D eigenvalue weighted by molar-refractivity contribution is 6.03. The van der Waals surface area contributed by atoms with Crippen molar-refractivity contribution in [1.29, 1.82) is 0 Å². The van der Waals surface area contributed by atoms with Gasteiger partial charge in [0.05, 0.1) is 6.54 Å².